The molecule has 2 amide bonds. The fourth-order valence-corrected chi connectivity index (χ4v) is 1.88. The fraction of sp³-hybridized carbons (Fsp3) is 0.500. The first-order valence-corrected chi connectivity index (χ1v) is 7.46. The Morgan fingerprint density at radius 1 is 1.29 bits per heavy atom. The maximum Gasteiger partial charge on any atom is 0.319 e. The molecule has 0 radical (unpaired) electrons. The SMILES string of the molecule is COCCOc1ccc(NC(=O)NC(C)(C)CCC(=O)O)cc1F. The third kappa shape index (κ3) is 7.28. The molecule has 1 aromatic carbocycles. The molecule has 0 saturated heterocycles. The lowest BCUT2D eigenvalue weighted by molar-refractivity contribution is -0.137. The van der Waals surface area contributed by atoms with Crippen LogP contribution in [0, 0.1) is 5.82 Å². The molecule has 24 heavy (non-hydrogen) atoms. The van der Waals surface area contributed by atoms with Crippen molar-refractivity contribution in [1.29, 1.82) is 0 Å². The molecular formula is C16H23FN2O5. The molecule has 1 aromatic rings. The van der Waals surface area contributed by atoms with Gasteiger partial charge in [0, 0.05) is 30.8 Å². The summed E-state index contributed by atoms with van der Waals surface area (Å²) in [6, 6.07) is 3.52. The van der Waals surface area contributed by atoms with Crippen LogP contribution in [-0.4, -0.2) is 43.0 Å². The van der Waals surface area contributed by atoms with Gasteiger partial charge in [-0.2, -0.15) is 0 Å². The van der Waals surface area contributed by atoms with E-state index in [0.29, 0.717) is 6.61 Å². The first-order valence-electron chi connectivity index (χ1n) is 7.46. The van der Waals surface area contributed by atoms with E-state index < -0.39 is 23.4 Å². The molecule has 0 unspecified atom stereocenters. The number of benzene rings is 1. The number of urea groups is 1. The van der Waals surface area contributed by atoms with Gasteiger partial charge >= 0.3 is 12.0 Å². The van der Waals surface area contributed by atoms with Gasteiger partial charge in [0.15, 0.2) is 11.6 Å². The zero-order valence-electron chi connectivity index (χ0n) is 14.0. The number of carbonyl (C=O) groups excluding carboxylic acids is 1. The van der Waals surface area contributed by atoms with E-state index in [1.807, 2.05) is 0 Å². The smallest absolute Gasteiger partial charge is 0.319 e. The molecule has 0 atom stereocenters. The summed E-state index contributed by atoms with van der Waals surface area (Å²) < 4.78 is 23.9. The quantitative estimate of drug-likeness (QED) is 0.600. The summed E-state index contributed by atoms with van der Waals surface area (Å²) in [5.74, 6) is -1.47. The van der Waals surface area contributed by atoms with Crippen LogP contribution in [0.3, 0.4) is 0 Å². The van der Waals surface area contributed by atoms with Gasteiger partial charge in [0.05, 0.1) is 6.61 Å². The lowest BCUT2D eigenvalue weighted by Crippen LogP contribution is -2.45. The van der Waals surface area contributed by atoms with Crippen LogP contribution in [0.4, 0.5) is 14.9 Å². The van der Waals surface area contributed by atoms with Crippen molar-refractivity contribution in [2.75, 3.05) is 25.6 Å². The molecule has 0 fully saturated rings. The normalized spacial score (nSPS) is 11.0. The monoisotopic (exact) mass is 342 g/mol. The Hall–Kier alpha value is -2.35. The third-order valence-electron chi connectivity index (χ3n) is 3.15. The highest BCUT2D eigenvalue weighted by Gasteiger charge is 2.21. The fourth-order valence-electron chi connectivity index (χ4n) is 1.88. The third-order valence-corrected chi connectivity index (χ3v) is 3.15. The van der Waals surface area contributed by atoms with Crippen LogP contribution < -0.4 is 15.4 Å². The van der Waals surface area contributed by atoms with Crippen molar-refractivity contribution in [3.8, 4) is 5.75 Å². The minimum Gasteiger partial charge on any atom is -0.488 e. The number of methoxy groups -OCH3 is 1. The number of nitrogens with one attached hydrogen (secondary N) is 2. The Kier molecular flexibility index (Phi) is 7.44. The van der Waals surface area contributed by atoms with Gasteiger partial charge < -0.3 is 25.2 Å². The van der Waals surface area contributed by atoms with E-state index in [0.717, 1.165) is 6.07 Å². The van der Waals surface area contributed by atoms with Crippen LogP contribution >= 0.6 is 0 Å². The number of amides is 2. The van der Waals surface area contributed by atoms with E-state index in [1.165, 1.54) is 19.2 Å². The van der Waals surface area contributed by atoms with E-state index in [1.54, 1.807) is 13.8 Å². The van der Waals surface area contributed by atoms with E-state index in [4.69, 9.17) is 14.6 Å². The van der Waals surface area contributed by atoms with Gasteiger partial charge in [-0.05, 0) is 32.4 Å². The minimum absolute atomic E-state index is 0.0601. The van der Waals surface area contributed by atoms with Crippen LogP contribution in [-0.2, 0) is 9.53 Å². The van der Waals surface area contributed by atoms with Crippen molar-refractivity contribution in [3.63, 3.8) is 0 Å². The maximum atomic E-state index is 13.9. The van der Waals surface area contributed by atoms with Gasteiger partial charge in [-0.1, -0.05) is 0 Å². The van der Waals surface area contributed by atoms with Crippen LogP contribution in [0.25, 0.3) is 0 Å². The average Bonchev–Trinajstić information content (AvgIpc) is 2.47. The number of hydrogen-bond donors (Lipinski definition) is 3. The largest absolute Gasteiger partial charge is 0.488 e. The van der Waals surface area contributed by atoms with Crippen LogP contribution in [0.15, 0.2) is 18.2 Å². The standard InChI is InChI=1S/C16H23FN2O5/c1-16(2,7-6-14(20)21)19-15(22)18-11-4-5-13(12(17)10-11)24-9-8-23-3/h4-5,10H,6-9H2,1-3H3,(H,20,21)(H2,18,19,22). The van der Waals surface area contributed by atoms with Gasteiger partial charge in [0.1, 0.15) is 6.61 Å². The maximum absolute atomic E-state index is 13.9. The lowest BCUT2D eigenvalue weighted by Gasteiger charge is -2.25. The molecule has 0 bridgehead atoms. The molecule has 0 aromatic heterocycles. The zero-order chi connectivity index (χ0) is 18.2. The first-order chi connectivity index (χ1) is 11.2. The summed E-state index contributed by atoms with van der Waals surface area (Å²) in [6.07, 6.45) is 0.214. The molecule has 0 heterocycles. The predicted octanol–water partition coefficient (Wildman–Crippen LogP) is 2.62. The predicted molar refractivity (Wildman–Crippen MR) is 86.9 cm³/mol. The van der Waals surface area contributed by atoms with Crippen molar-refractivity contribution in [2.45, 2.75) is 32.2 Å². The number of halogens is 1. The van der Waals surface area contributed by atoms with Gasteiger partial charge in [0.2, 0.25) is 0 Å². The summed E-state index contributed by atoms with van der Waals surface area (Å²) >= 11 is 0. The van der Waals surface area contributed by atoms with Crippen molar-refractivity contribution in [2.24, 2.45) is 0 Å². The second-order valence-corrected chi connectivity index (χ2v) is 5.84. The molecule has 134 valence electrons. The van der Waals surface area contributed by atoms with E-state index in [-0.39, 0.29) is 30.9 Å². The number of ether oxygens (including phenoxy) is 2. The Bertz CT molecular complexity index is 578. The number of rotatable bonds is 9. The summed E-state index contributed by atoms with van der Waals surface area (Å²) in [6.45, 7) is 3.98. The van der Waals surface area contributed by atoms with Crippen molar-refractivity contribution in [3.05, 3.63) is 24.0 Å². The molecule has 0 aliphatic rings. The number of anilines is 1. The number of carboxylic acid groups (broad SMARTS) is 1. The second kappa shape index (κ2) is 9.07. The number of aliphatic carboxylic acids is 1. The minimum atomic E-state index is -0.934. The number of carboxylic acids is 1. The van der Waals surface area contributed by atoms with Gasteiger partial charge in [-0.3, -0.25) is 4.79 Å². The molecule has 0 aliphatic heterocycles. The van der Waals surface area contributed by atoms with E-state index in [2.05, 4.69) is 10.6 Å². The van der Waals surface area contributed by atoms with Gasteiger partial charge in [0.25, 0.3) is 0 Å². The first kappa shape index (κ1) is 19.7. The summed E-state index contributed by atoms with van der Waals surface area (Å²) in [4.78, 5) is 22.5. The molecule has 0 saturated carbocycles. The zero-order valence-corrected chi connectivity index (χ0v) is 14.0. The summed E-state index contributed by atoms with van der Waals surface area (Å²) in [5, 5.41) is 13.8. The Balaban J connectivity index is 2.57. The molecule has 7 nitrogen and oxygen atoms in total. The Morgan fingerprint density at radius 2 is 2.00 bits per heavy atom. The highest BCUT2D eigenvalue weighted by atomic mass is 19.1. The molecule has 1 rings (SSSR count). The molecule has 0 spiro atoms. The molecule has 3 N–H and O–H groups in total. The van der Waals surface area contributed by atoms with E-state index in [9.17, 15) is 14.0 Å². The summed E-state index contributed by atoms with van der Waals surface area (Å²) in [5.41, 5.74) is -0.442. The van der Waals surface area contributed by atoms with Gasteiger partial charge in [-0.25, -0.2) is 9.18 Å². The van der Waals surface area contributed by atoms with Crippen LogP contribution in [0.1, 0.15) is 26.7 Å². The molecular weight excluding hydrogens is 319 g/mol. The number of carbonyl (C=O) groups is 2. The van der Waals surface area contributed by atoms with Gasteiger partial charge in [-0.15, -0.1) is 0 Å². The van der Waals surface area contributed by atoms with Crippen LogP contribution in [0.5, 0.6) is 5.75 Å². The Labute approximate surface area is 140 Å². The van der Waals surface area contributed by atoms with Crippen molar-refractivity contribution >= 4 is 17.7 Å². The molecule has 0 aliphatic carbocycles. The average molecular weight is 342 g/mol. The summed E-state index contributed by atoms with van der Waals surface area (Å²) in [7, 11) is 1.52. The highest BCUT2D eigenvalue weighted by Crippen LogP contribution is 2.21. The number of hydrogen-bond acceptors (Lipinski definition) is 4. The lowest BCUT2D eigenvalue weighted by atomic mass is 9.99. The van der Waals surface area contributed by atoms with E-state index >= 15 is 0 Å². The second-order valence-electron chi connectivity index (χ2n) is 5.84. The molecule has 8 heteroatoms. The van der Waals surface area contributed by atoms with Crippen molar-refractivity contribution < 1.29 is 28.6 Å². The van der Waals surface area contributed by atoms with Crippen LogP contribution in [0.2, 0.25) is 0 Å². The highest BCUT2D eigenvalue weighted by molar-refractivity contribution is 5.89. The van der Waals surface area contributed by atoms with Crippen molar-refractivity contribution in [1.82, 2.24) is 5.32 Å². The topological polar surface area (TPSA) is 96.9 Å². The Morgan fingerprint density at radius 3 is 2.58 bits per heavy atom.